The van der Waals surface area contributed by atoms with E-state index in [1.54, 1.807) is 0 Å². The Bertz CT molecular complexity index is 197. The average molecular weight is 194 g/mol. The predicted octanol–water partition coefficient (Wildman–Crippen LogP) is 2.70. The maximum Gasteiger partial charge on any atom is 0.0983 e. The van der Waals surface area contributed by atoms with Crippen LogP contribution in [-0.2, 0) is 0 Å². The van der Waals surface area contributed by atoms with Crippen LogP contribution >= 0.6 is 0 Å². The molecule has 0 heterocycles. The third-order valence-electron chi connectivity index (χ3n) is 3.18. The predicted molar refractivity (Wildman–Crippen MR) is 58.8 cm³/mol. The first kappa shape index (κ1) is 11.5. The van der Waals surface area contributed by atoms with Crippen LogP contribution in [0.2, 0.25) is 0 Å². The Hall–Kier alpha value is -0.550. The van der Waals surface area contributed by atoms with Gasteiger partial charge in [0.25, 0.3) is 0 Å². The molecular weight excluding hydrogens is 172 g/mol. The highest BCUT2D eigenvalue weighted by atomic mass is 14.9. The molecule has 1 saturated carbocycles. The molecule has 1 atom stereocenters. The molecule has 1 aliphatic carbocycles. The van der Waals surface area contributed by atoms with E-state index < -0.39 is 0 Å². The second-order valence-corrected chi connectivity index (χ2v) is 4.95. The van der Waals surface area contributed by atoms with E-state index in [1.165, 1.54) is 25.7 Å². The molecule has 0 saturated heterocycles. The highest BCUT2D eigenvalue weighted by Gasteiger charge is 2.25. The monoisotopic (exact) mass is 194 g/mol. The standard InChI is InChI=1S/C12H22N2/c1-9(2)14-12(8-13)11-6-4-10(3)5-7-11/h9-12,14H,4-7H2,1-3H3. The van der Waals surface area contributed by atoms with Crippen LogP contribution < -0.4 is 5.32 Å². The maximum absolute atomic E-state index is 9.08. The van der Waals surface area contributed by atoms with Crippen molar-refractivity contribution in [3.05, 3.63) is 0 Å². The SMILES string of the molecule is CC1CCC(C(C#N)NC(C)C)CC1. The topological polar surface area (TPSA) is 35.8 Å². The largest absolute Gasteiger partial charge is 0.299 e. The first-order valence-corrected chi connectivity index (χ1v) is 5.79. The Morgan fingerprint density at radius 2 is 1.79 bits per heavy atom. The van der Waals surface area contributed by atoms with E-state index in [-0.39, 0.29) is 6.04 Å². The molecule has 14 heavy (non-hydrogen) atoms. The van der Waals surface area contributed by atoms with Crippen molar-refractivity contribution in [2.75, 3.05) is 0 Å². The van der Waals surface area contributed by atoms with Gasteiger partial charge in [-0.1, -0.05) is 19.8 Å². The van der Waals surface area contributed by atoms with Gasteiger partial charge in [-0.3, -0.25) is 5.32 Å². The zero-order valence-electron chi connectivity index (χ0n) is 9.59. The highest BCUT2D eigenvalue weighted by Crippen LogP contribution is 2.30. The van der Waals surface area contributed by atoms with Crippen molar-refractivity contribution in [1.29, 1.82) is 5.26 Å². The van der Waals surface area contributed by atoms with E-state index in [0.717, 1.165) is 5.92 Å². The molecule has 1 unspecified atom stereocenters. The molecule has 0 aromatic rings. The van der Waals surface area contributed by atoms with Crippen LogP contribution in [-0.4, -0.2) is 12.1 Å². The number of rotatable bonds is 3. The summed E-state index contributed by atoms with van der Waals surface area (Å²) in [7, 11) is 0. The van der Waals surface area contributed by atoms with Crippen molar-refractivity contribution < 1.29 is 0 Å². The minimum atomic E-state index is 0.0718. The third kappa shape index (κ3) is 3.31. The quantitative estimate of drug-likeness (QED) is 0.750. The zero-order valence-corrected chi connectivity index (χ0v) is 9.59. The van der Waals surface area contributed by atoms with Gasteiger partial charge in [-0.2, -0.15) is 5.26 Å². The van der Waals surface area contributed by atoms with Gasteiger partial charge < -0.3 is 0 Å². The van der Waals surface area contributed by atoms with E-state index in [9.17, 15) is 0 Å². The first-order valence-electron chi connectivity index (χ1n) is 5.79. The van der Waals surface area contributed by atoms with E-state index in [2.05, 4.69) is 32.2 Å². The normalized spacial score (nSPS) is 29.9. The lowest BCUT2D eigenvalue weighted by Gasteiger charge is -2.30. The molecule has 0 aromatic heterocycles. The van der Waals surface area contributed by atoms with Gasteiger partial charge in [-0.05, 0) is 38.5 Å². The fourth-order valence-corrected chi connectivity index (χ4v) is 2.26. The fraction of sp³-hybridized carbons (Fsp3) is 0.917. The van der Waals surface area contributed by atoms with Crippen molar-refractivity contribution in [3.8, 4) is 6.07 Å². The van der Waals surface area contributed by atoms with Crippen molar-refractivity contribution in [2.24, 2.45) is 11.8 Å². The second-order valence-electron chi connectivity index (χ2n) is 4.95. The Morgan fingerprint density at radius 1 is 1.21 bits per heavy atom. The molecule has 2 nitrogen and oxygen atoms in total. The fourth-order valence-electron chi connectivity index (χ4n) is 2.26. The Labute approximate surface area is 87.7 Å². The van der Waals surface area contributed by atoms with Gasteiger partial charge >= 0.3 is 0 Å². The van der Waals surface area contributed by atoms with E-state index in [0.29, 0.717) is 12.0 Å². The molecule has 0 aliphatic heterocycles. The van der Waals surface area contributed by atoms with Crippen molar-refractivity contribution in [1.82, 2.24) is 5.32 Å². The van der Waals surface area contributed by atoms with Gasteiger partial charge in [0.2, 0.25) is 0 Å². The van der Waals surface area contributed by atoms with E-state index >= 15 is 0 Å². The lowest BCUT2D eigenvalue weighted by molar-refractivity contribution is 0.249. The third-order valence-corrected chi connectivity index (χ3v) is 3.18. The first-order chi connectivity index (χ1) is 6.63. The van der Waals surface area contributed by atoms with Crippen LogP contribution in [0.4, 0.5) is 0 Å². The summed E-state index contributed by atoms with van der Waals surface area (Å²) >= 11 is 0. The summed E-state index contributed by atoms with van der Waals surface area (Å²) < 4.78 is 0. The molecule has 2 heteroatoms. The van der Waals surface area contributed by atoms with Crippen LogP contribution in [0.1, 0.15) is 46.5 Å². The van der Waals surface area contributed by atoms with E-state index in [4.69, 9.17) is 5.26 Å². The number of hydrogen-bond donors (Lipinski definition) is 1. The highest BCUT2D eigenvalue weighted by molar-refractivity contribution is 4.96. The number of nitrogens with zero attached hydrogens (tertiary/aromatic N) is 1. The summed E-state index contributed by atoms with van der Waals surface area (Å²) in [6, 6.07) is 2.89. The summed E-state index contributed by atoms with van der Waals surface area (Å²) in [5.74, 6) is 1.45. The van der Waals surface area contributed by atoms with Crippen molar-refractivity contribution in [3.63, 3.8) is 0 Å². The van der Waals surface area contributed by atoms with Gasteiger partial charge in [-0.25, -0.2) is 0 Å². The maximum atomic E-state index is 9.08. The molecule has 0 aromatic carbocycles. The molecule has 0 radical (unpaired) electrons. The molecule has 1 aliphatic rings. The minimum Gasteiger partial charge on any atom is -0.299 e. The molecule has 1 N–H and O–H groups in total. The van der Waals surface area contributed by atoms with Crippen molar-refractivity contribution >= 4 is 0 Å². The molecule has 1 rings (SSSR count). The molecule has 0 amide bonds. The average Bonchev–Trinajstić information content (AvgIpc) is 2.15. The van der Waals surface area contributed by atoms with Gasteiger partial charge in [0.05, 0.1) is 12.1 Å². The minimum absolute atomic E-state index is 0.0718. The van der Waals surface area contributed by atoms with E-state index in [1.807, 2.05) is 0 Å². The van der Waals surface area contributed by atoms with Crippen molar-refractivity contribution in [2.45, 2.75) is 58.5 Å². The molecular formula is C12H22N2. The van der Waals surface area contributed by atoms with Crippen LogP contribution in [0.5, 0.6) is 0 Å². The van der Waals surface area contributed by atoms with Gasteiger partial charge in [0.15, 0.2) is 0 Å². The number of nitrogens with one attached hydrogen (secondary N) is 1. The lowest BCUT2D eigenvalue weighted by atomic mass is 9.79. The summed E-state index contributed by atoms with van der Waals surface area (Å²) in [6.45, 7) is 6.53. The summed E-state index contributed by atoms with van der Waals surface area (Å²) in [5, 5.41) is 12.4. The Balaban J connectivity index is 2.42. The zero-order chi connectivity index (χ0) is 10.6. The van der Waals surface area contributed by atoms with Gasteiger partial charge in [0, 0.05) is 6.04 Å². The number of nitriles is 1. The van der Waals surface area contributed by atoms with Gasteiger partial charge in [-0.15, -0.1) is 0 Å². The lowest BCUT2D eigenvalue weighted by Crippen LogP contribution is -2.40. The summed E-state index contributed by atoms with van der Waals surface area (Å²) in [6.07, 6.45) is 5.03. The smallest absolute Gasteiger partial charge is 0.0983 e. The van der Waals surface area contributed by atoms with Crippen LogP contribution in [0, 0.1) is 23.2 Å². The van der Waals surface area contributed by atoms with Gasteiger partial charge in [0.1, 0.15) is 0 Å². The molecule has 0 spiro atoms. The Morgan fingerprint density at radius 3 is 2.21 bits per heavy atom. The Kier molecular flexibility index (Phi) is 4.41. The summed E-state index contributed by atoms with van der Waals surface area (Å²) in [5.41, 5.74) is 0. The summed E-state index contributed by atoms with van der Waals surface area (Å²) in [4.78, 5) is 0. The van der Waals surface area contributed by atoms with Crippen LogP contribution in [0.3, 0.4) is 0 Å². The second kappa shape index (κ2) is 5.36. The molecule has 80 valence electrons. The molecule has 1 fully saturated rings. The van der Waals surface area contributed by atoms with Crippen LogP contribution in [0.15, 0.2) is 0 Å². The molecule has 0 bridgehead atoms. The van der Waals surface area contributed by atoms with Crippen LogP contribution in [0.25, 0.3) is 0 Å². The number of hydrogen-bond acceptors (Lipinski definition) is 2.